The van der Waals surface area contributed by atoms with Crippen LogP contribution in [0, 0.1) is 17.3 Å². The fraction of sp³-hybridized carbons (Fsp3) is 0.947. The Bertz CT molecular complexity index is 638. The summed E-state index contributed by atoms with van der Waals surface area (Å²) in [4.78, 5) is 4.77. The number of nitrogens with zero attached hydrogens (tertiary/aromatic N) is 1. The zero-order chi connectivity index (χ0) is 18.9. The smallest absolute Gasteiger partial charge is 0.191 e. The van der Waals surface area contributed by atoms with E-state index in [2.05, 4.69) is 38.3 Å². The quantitative estimate of drug-likeness (QED) is 0.336. The first kappa shape index (κ1) is 23.2. The lowest BCUT2D eigenvalue weighted by molar-refractivity contribution is -0.188. The molecule has 1 aliphatic carbocycles. The highest BCUT2D eigenvalue weighted by molar-refractivity contribution is 14.0. The molecule has 3 aliphatic rings. The van der Waals surface area contributed by atoms with E-state index in [0.717, 1.165) is 31.8 Å². The summed E-state index contributed by atoms with van der Waals surface area (Å²) >= 11 is 0. The van der Waals surface area contributed by atoms with Gasteiger partial charge in [-0.1, -0.05) is 20.8 Å². The van der Waals surface area contributed by atoms with Crippen molar-refractivity contribution in [2.45, 2.75) is 71.6 Å². The van der Waals surface area contributed by atoms with Gasteiger partial charge in [-0.15, -0.1) is 24.0 Å². The van der Waals surface area contributed by atoms with Crippen molar-refractivity contribution < 1.29 is 13.2 Å². The molecule has 3 rings (SSSR count). The second kappa shape index (κ2) is 9.15. The van der Waals surface area contributed by atoms with Gasteiger partial charge in [-0.3, -0.25) is 4.99 Å². The van der Waals surface area contributed by atoms with Gasteiger partial charge in [0.1, 0.15) is 0 Å². The fourth-order valence-corrected chi connectivity index (χ4v) is 6.52. The molecule has 5 atom stereocenters. The van der Waals surface area contributed by atoms with Crippen LogP contribution in [0.4, 0.5) is 0 Å². The highest BCUT2D eigenvalue weighted by atomic mass is 127. The Kier molecular flexibility index (Phi) is 7.86. The van der Waals surface area contributed by atoms with Crippen LogP contribution >= 0.6 is 24.0 Å². The van der Waals surface area contributed by atoms with E-state index >= 15 is 0 Å². The topological polar surface area (TPSA) is 79.8 Å². The molecule has 1 saturated carbocycles. The van der Waals surface area contributed by atoms with Crippen LogP contribution in [0.1, 0.15) is 53.4 Å². The van der Waals surface area contributed by atoms with Crippen molar-refractivity contribution in [2.24, 2.45) is 22.2 Å². The summed E-state index contributed by atoms with van der Waals surface area (Å²) < 4.78 is 29.4. The molecule has 6 nitrogen and oxygen atoms in total. The van der Waals surface area contributed by atoms with Crippen molar-refractivity contribution in [2.75, 3.05) is 24.7 Å². The number of guanidine groups is 1. The summed E-state index contributed by atoms with van der Waals surface area (Å²) in [6, 6.07) is 0.672. The average Bonchev–Trinajstić information content (AvgIpc) is 2.95. The molecule has 2 heterocycles. The summed E-state index contributed by atoms with van der Waals surface area (Å²) in [5.74, 6) is 2.10. The van der Waals surface area contributed by atoms with Crippen molar-refractivity contribution in [1.29, 1.82) is 0 Å². The molecule has 0 aromatic carbocycles. The van der Waals surface area contributed by atoms with Crippen molar-refractivity contribution in [1.82, 2.24) is 10.6 Å². The van der Waals surface area contributed by atoms with Crippen LogP contribution in [0.3, 0.4) is 0 Å². The molecule has 0 radical (unpaired) electrons. The van der Waals surface area contributed by atoms with Crippen molar-refractivity contribution in [3.8, 4) is 0 Å². The van der Waals surface area contributed by atoms with Crippen LogP contribution in [0.15, 0.2) is 4.99 Å². The van der Waals surface area contributed by atoms with E-state index in [9.17, 15) is 8.42 Å². The van der Waals surface area contributed by atoms with Crippen LogP contribution in [-0.2, 0) is 14.6 Å². The number of halogens is 1. The Morgan fingerprint density at radius 3 is 2.70 bits per heavy atom. The highest BCUT2D eigenvalue weighted by Gasteiger charge is 2.58. The maximum Gasteiger partial charge on any atom is 0.191 e. The molecule has 5 unspecified atom stereocenters. The Morgan fingerprint density at radius 1 is 1.33 bits per heavy atom. The van der Waals surface area contributed by atoms with Crippen LogP contribution in [0.2, 0.25) is 0 Å². The third-order valence-electron chi connectivity index (χ3n) is 6.45. The predicted molar refractivity (Wildman–Crippen MR) is 121 cm³/mol. The molecule has 0 aromatic rings. The minimum atomic E-state index is -2.85. The lowest BCUT2D eigenvalue weighted by Gasteiger charge is -2.60. The van der Waals surface area contributed by atoms with Gasteiger partial charge in [0.15, 0.2) is 15.8 Å². The summed E-state index contributed by atoms with van der Waals surface area (Å²) in [6.45, 7) is 10.3. The molecule has 2 N–H and O–H groups in total. The molecule has 27 heavy (non-hydrogen) atoms. The second-order valence-electron chi connectivity index (χ2n) is 8.95. The van der Waals surface area contributed by atoms with E-state index < -0.39 is 9.84 Å². The molecule has 8 heteroatoms. The Morgan fingerprint density at radius 2 is 2.07 bits per heavy atom. The molecule has 0 bridgehead atoms. The molecule has 0 spiro atoms. The summed E-state index contributed by atoms with van der Waals surface area (Å²) in [6.07, 6.45) is 4.40. The SMILES string of the molecule is CCC(C)NC(=NCC1CCS(=O)(=O)C1)NC1C2CCCOC2C1(C)C.I. The second-order valence-corrected chi connectivity index (χ2v) is 11.2. The van der Waals surface area contributed by atoms with Gasteiger partial charge in [0.05, 0.1) is 17.6 Å². The number of sulfone groups is 1. The first-order valence-corrected chi connectivity index (χ1v) is 11.9. The summed E-state index contributed by atoms with van der Waals surface area (Å²) in [7, 11) is -2.85. The maximum atomic E-state index is 11.7. The van der Waals surface area contributed by atoms with Crippen LogP contribution in [0.5, 0.6) is 0 Å². The van der Waals surface area contributed by atoms with Gasteiger partial charge in [0, 0.05) is 36.6 Å². The zero-order valence-electron chi connectivity index (χ0n) is 17.0. The number of rotatable bonds is 5. The number of hydrogen-bond acceptors (Lipinski definition) is 4. The molecule has 3 fully saturated rings. The van der Waals surface area contributed by atoms with Crippen molar-refractivity contribution in [3.63, 3.8) is 0 Å². The molecule has 158 valence electrons. The molecule has 0 amide bonds. The molecule has 2 aliphatic heterocycles. The van der Waals surface area contributed by atoms with E-state index in [1.807, 2.05) is 0 Å². The minimum absolute atomic E-state index is 0. The summed E-state index contributed by atoms with van der Waals surface area (Å²) in [5.41, 5.74) is 0.0830. The standard InChI is InChI=1S/C19H35N3O3S.HI/c1-5-13(2)21-18(20-11-14-8-10-26(23,24)12-14)22-16-15-7-6-9-25-17(15)19(16,3)4;/h13-17H,5-12H2,1-4H3,(H2,20,21,22);1H. The molecular formula is C19H36IN3O3S. The monoisotopic (exact) mass is 513 g/mol. The normalized spacial score (nSPS) is 35.3. The number of aliphatic imine (C=N–C) groups is 1. The summed E-state index contributed by atoms with van der Waals surface area (Å²) in [5, 5.41) is 7.15. The van der Waals surface area contributed by atoms with Gasteiger partial charge in [0.25, 0.3) is 0 Å². The van der Waals surface area contributed by atoms with Crippen molar-refractivity contribution >= 4 is 39.8 Å². The lowest BCUT2D eigenvalue weighted by Crippen LogP contribution is -2.71. The van der Waals surface area contributed by atoms with Gasteiger partial charge >= 0.3 is 0 Å². The van der Waals surface area contributed by atoms with Gasteiger partial charge in [-0.05, 0) is 38.5 Å². The van der Waals surface area contributed by atoms with E-state index in [1.54, 1.807) is 0 Å². The van der Waals surface area contributed by atoms with Gasteiger partial charge in [0.2, 0.25) is 0 Å². The van der Waals surface area contributed by atoms with Crippen molar-refractivity contribution in [3.05, 3.63) is 0 Å². The number of hydrogen-bond donors (Lipinski definition) is 2. The van der Waals surface area contributed by atoms with E-state index in [4.69, 9.17) is 9.73 Å². The third kappa shape index (κ3) is 5.29. The fourth-order valence-electron chi connectivity index (χ4n) is 4.67. The minimum Gasteiger partial charge on any atom is -0.377 e. The van der Waals surface area contributed by atoms with Crippen LogP contribution < -0.4 is 10.6 Å². The zero-order valence-corrected chi connectivity index (χ0v) is 20.2. The largest absolute Gasteiger partial charge is 0.377 e. The van der Waals surface area contributed by atoms with E-state index in [1.165, 1.54) is 6.42 Å². The van der Waals surface area contributed by atoms with Crippen LogP contribution in [0.25, 0.3) is 0 Å². The molecule has 0 aromatic heterocycles. The number of ether oxygens (including phenoxy) is 1. The average molecular weight is 513 g/mol. The number of nitrogens with one attached hydrogen (secondary N) is 2. The Hall–Kier alpha value is -0.0900. The maximum absolute atomic E-state index is 11.7. The lowest BCUT2D eigenvalue weighted by atomic mass is 9.55. The Balaban J connectivity index is 0.00000261. The van der Waals surface area contributed by atoms with Gasteiger partial charge in [-0.25, -0.2) is 8.42 Å². The Labute approximate surface area is 181 Å². The predicted octanol–water partition coefficient (Wildman–Crippen LogP) is 2.58. The van der Waals surface area contributed by atoms with E-state index in [-0.39, 0.29) is 41.1 Å². The first-order valence-electron chi connectivity index (χ1n) is 10.1. The number of fused-ring (bicyclic) bond motifs is 1. The van der Waals surface area contributed by atoms with E-state index in [0.29, 0.717) is 36.4 Å². The highest BCUT2D eigenvalue weighted by Crippen LogP contribution is 2.51. The molecular weight excluding hydrogens is 477 g/mol. The van der Waals surface area contributed by atoms with Crippen LogP contribution in [-0.4, -0.2) is 57.2 Å². The molecule has 2 saturated heterocycles. The van der Waals surface area contributed by atoms with Gasteiger partial charge in [-0.2, -0.15) is 0 Å². The third-order valence-corrected chi connectivity index (χ3v) is 8.29. The first-order chi connectivity index (χ1) is 12.2. The van der Waals surface area contributed by atoms with Gasteiger partial charge < -0.3 is 15.4 Å².